The third-order valence-corrected chi connectivity index (χ3v) is 3.41. The summed E-state index contributed by atoms with van der Waals surface area (Å²) in [6.07, 6.45) is 2.48. The summed E-state index contributed by atoms with van der Waals surface area (Å²) < 4.78 is 6.94. The minimum Gasteiger partial charge on any atom is -0.363 e. The van der Waals surface area contributed by atoms with E-state index in [1.165, 1.54) is 4.57 Å². The van der Waals surface area contributed by atoms with Gasteiger partial charge in [-0.25, -0.2) is 10.6 Å². The molecule has 1 amide bonds. The van der Waals surface area contributed by atoms with Crippen LogP contribution in [-0.4, -0.2) is 27.7 Å². The first-order chi connectivity index (χ1) is 9.55. The van der Waals surface area contributed by atoms with Crippen molar-refractivity contribution >= 4 is 5.91 Å². The molecule has 2 heterocycles. The van der Waals surface area contributed by atoms with Crippen LogP contribution in [0.25, 0.3) is 0 Å². The number of H-pyrrole nitrogens is 1. The number of aromatic nitrogens is 2. The van der Waals surface area contributed by atoms with E-state index in [1.54, 1.807) is 6.20 Å². The van der Waals surface area contributed by atoms with Crippen LogP contribution in [0.1, 0.15) is 25.3 Å². The Kier molecular flexibility index (Phi) is 4.35. The first kappa shape index (κ1) is 14.5. The Hall–Kier alpha value is -1.93. The maximum absolute atomic E-state index is 11.7. The predicted molar refractivity (Wildman–Crippen MR) is 70.9 cm³/mol. The Morgan fingerprint density at radius 2 is 2.30 bits per heavy atom. The lowest BCUT2D eigenvalue weighted by Gasteiger charge is -2.14. The van der Waals surface area contributed by atoms with Gasteiger partial charge in [0.1, 0.15) is 6.10 Å². The fourth-order valence-electron chi connectivity index (χ4n) is 2.29. The smallest absolute Gasteiger partial charge is 0.328 e. The third-order valence-electron chi connectivity index (χ3n) is 3.41. The van der Waals surface area contributed by atoms with Crippen molar-refractivity contribution in [1.29, 1.82) is 0 Å². The molecule has 1 saturated heterocycles. The predicted octanol–water partition coefficient (Wildman–Crippen LogP) is -1.36. The van der Waals surface area contributed by atoms with Gasteiger partial charge < -0.3 is 4.74 Å². The van der Waals surface area contributed by atoms with Gasteiger partial charge in [-0.15, -0.1) is 0 Å². The highest BCUT2D eigenvalue weighted by atomic mass is 16.5. The molecule has 0 aromatic carbocycles. The van der Waals surface area contributed by atoms with Crippen LogP contribution >= 0.6 is 0 Å². The van der Waals surface area contributed by atoms with Crippen LogP contribution in [-0.2, 0) is 22.5 Å². The van der Waals surface area contributed by atoms with Crippen molar-refractivity contribution in [2.75, 3.05) is 0 Å². The summed E-state index contributed by atoms with van der Waals surface area (Å²) in [4.78, 5) is 36.8. The Bertz CT molecular complexity index is 606. The van der Waals surface area contributed by atoms with Crippen molar-refractivity contribution in [2.45, 2.75) is 44.9 Å². The molecule has 8 heteroatoms. The third kappa shape index (κ3) is 2.97. The summed E-state index contributed by atoms with van der Waals surface area (Å²) in [5.74, 6) is 4.69. The number of hydrazine groups is 1. The Balaban J connectivity index is 2.10. The van der Waals surface area contributed by atoms with Crippen molar-refractivity contribution in [1.82, 2.24) is 15.0 Å². The van der Waals surface area contributed by atoms with Gasteiger partial charge in [0, 0.05) is 11.8 Å². The zero-order chi connectivity index (χ0) is 14.7. The lowest BCUT2D eigenvalue weighted by molar-refractivity contribution is -0.132. The van der Waals surface area contributed by atoms with Gasteiger partial charge in [-0.2, -0.15) is 0 Å². The second-order valence-electron chi connectivity index (χ2n) is 4.75. The maximum Gasteiger partial charge on any atom is 0.328 e. The van der Waals surface area contributed by atoms with Crippen molar-refractivity contribution in [3.05, 3.63) is 32.6 Å². The van der Waals surface area contributed by atoms with Gasteiger partial charge in [-0.3, -0.25) is 24.6 Å². The normalized spacial score (nSPS) is 21.9. The van der Waals surface area contributed by atoms with Crippen LogP contribution in [0, 0.1) is 0 Å². The summed E-state index contributed by atoms with van der Waals surface area (Å²) >= 11 is 0. The molecule has 1 aliphatic rings. The molecule has 2 unspecified atom stereocenters. The molecule has 0 radical (unpaired) electrons. The van der Waals surface area contributed by atoms with Crippen LogP contribution in [0.3, 0.4) is 0 Å². The standard InChI is InChI=1S/C12H18N4O4/c1-2-7-5-16(12(19)14-10(7)17)6-8-3-4-9(20-8)11(18)15-13/h5,8-9H,2-4,6,13H2,1H3,(H,15,18)(H,14,17,19). The van der Waals surface area contributed by atoms with Crippen LogP contribution in [0.15, 0.2) is 15.8 Å². The summed E-state index contributed by atoms with van der Waals surface area (Å²) in [6.45, 7) is 2.14. The molecule has 4 N–H and O–H groups in total. The molecule has 20 heavy (non-hydrogen) atoms. The van der Waals surface area contributed by atoms with E-state index in [4.69, 9.17) is 10.6 Å². The van der Waals surface area contributed by atoms with Crippen LogP contribution in [0.4, 0.5) is 0 Å². The topological polar surface area (TPSA) is 119 Å². The molecule has 0 spiro atoms. The van der Waals surface area contributed by atoms with E-state index in [1.807, 2.05) is 12.3 Å². The SMILES string of the molecule is CCc1cn(CC2CCC(C(=O)NN)O2)c(=O)[nH]c1=O. The van der Waals surface area contributed by atoms with E-state index in [0.717, 1.165) is 0 Å². The highest BCUT2D eigenvalue weighted by Gasteiger charge is 2.30. The largest absolute Gasteiger partial charge is 0.363 e. The molecule has 2 atom stereocenters. The molecule has 1 aliphatic heterocycles. The van der Waals surface area contributed by atoms with E-state index in [2.05, 4.69) is 4.98 Å². The molecule has 2 rings (SSSR count). The van der Waals surface area contributed by atoms with Crippen LogP contribution < -0.4 is 22.5 Å². The van der Waals surface area contributed by atoms with Gasteiger partial charge in [0.15, 0.2) is 0 Å². The van der Waals surface area contributed by atoms with Crippen LogP contribution in [0.5, 0.6) is 0 Å². The van der Waals surface area contributed by atoms with E-state index in [0.29, 0.717) is 31.4 Å². The number of nitrogens with two attached hydrogens (primary N) is 1. The van der Waals surface area contributed by atoms with Crippen molar-refractivity contribution in [2.24, 2.45) is 5.84 Å². The number of carbonyl (C=O) groups excluding carboxylic acids is 1. The molecule has 1 aromatic heterocycles. The number of hydrogen-bond acceptors (Lipinski definition) is 5. The Morgan fingerprint density at radius 1 is 1.55 bits per heavy atom. The van der Waals surface area contributed by atoms with Gasteiger partial charge in [0.25, 0.3) is 11.5 Å². The zero-order valence-corrected chi connectivity index (χ0v) is 11.2. The van der Waals surface area contributed by atoms with Crippen molar-refractivity contribution in [3.63, 3.8) is 0 Å². The molecule has 110 valence electrons. The van der Waals surface area contributed by atoms with Crippen molar-refractivity contribution < 1.29 is 9.53 Å². The first-order valence-corrected chi connectivity index (χ1v) is 6.53. The van der Waals surface area contributed by atoms with Gasteiger partial charge in [-0.05, 0) is 19.3 Å². The van der Waals surface area contributed by atoms with E-state index < -0.39 is 11.8 Å². The second-order valence-corrected chi connectivity index (χ2v) is 4.75. The summed E-state index contributed by atoms with van der Waals surface area (Å²) in [6, 6.07) is 0. The highest BCUT2D eigenvalue weighted by molar-refractivity contribution is 5.80. The Labute approximate surface area is 114 Å². The van der Waals surface area contributed by atoms with E-state index >= 15 is 0 Å². The lowest BCUT2D eigenvalue weighted by Crippen LogP contribution is -2.39. The van der Waals surface area contributed by atoms with Gasteiger partial charge in [0.2, 0.25) is 0 Å². The summed E-state index contributed by atoms with van der Waals surface area (Å²) in [7, 11) is 0. The quantitative estimate of drug-likeness (QED) is 0.358. The van der Waals surface area contributed by atoms with Gasteiger partial charge in [-0.1, -0.05) is 6.92 Å². The fraction of sp³-hybridized carbons (Fsp3) is 0.583. The number of ether oxygens (including phenoxy) is 1. The number of aryl methyl sites for hydroxylation is 1. The summed E-state index contributed by atoms with van der Waals surface area (Å²) in [5.41, 5.74) is 1.76. The average molecular weight is 282 g/mol. The van der Waals surface area contributed by atoms with Crippen molar-refractivity contribution in [3.8, 4) is 0 Å². The number of carbonyl (C=O) groups is 1. The first-order valence-electron chi connectivity index (χ1n) is 6.53. The zero-order valence-electron chi connectivity index (χ0n) is 11.2. The number of nitrogens with one attached hydrogen (secondary N) is 2. The highest BCUT2D eigenvalue weighted by Crippen LogP contribution is 2.20. The maximum atomic E-state index is 11.7. The number of hydrogen-bond donors (Lipinski definition) is 3. The van der Waals surface area contributed by atoms with E-state index in [-0.39, 0.29) is 17.6 Å². The Morgan fingerprint density at radius 3 is 2.95 bits per heavy atom. The molecule has 0 aliphatic carbocycles. The molecular weight excluding hydrogens is 264 g/mol. The molecule has 0 saturated carbocycles. The second kappa shape index (κ2) is 6.02. The number of amides is 1. The number of aromatic amines is 1. The van der Waals surface area contributed by atoms with Gasteiger partial charge in [0.05, 0.1) is 12.6 Å². The lowest BCUT2D eigenvalue weighted by atomic mass is 10.2. The molecule has 1 aromatic rings. The van der Waals surface area contributed by atoms with E-state index in [9.17, 15) is 14.4 Å². The molecular formula is C12H18N4O4. The molecule has 8 nitrogen and oxygen atoms in total. The number of nitrogens with zero attached hydrogens (tertiary/aromatic N) is 1. The monoisotopic (exact) mass is 282 g/mol. The van der Waals surface area contributed by atoms with Crippen LogP contribution in [0.2, 0.25) is 0 Å². The average Bonchev–Trinajstić information content (AvgIpc) is 2.89. The molecule has 1 fully saturated rings. The fourth-order valence-corrected chi connectivity index (χ4v) is 2.29. The van der Waals surface area contributed by atoms with Gasteiger partial charge >= 0.3 is 5.69 Å². The summed E-state index contributed by atoms with van der Waals surface area (Å²) in [5, 5.41) is 0. The minimum absolute atomic E-state index is 0.245. The minimum atomic E-state index is -0.575. The molecule has 0 bridgehead atoms. The number of rotatable bonds is 4.